The number of nitrogens with zero attached hydrogens (tertiary/aromatic N) is 2. The summed E-state index contributed by atoms with van der Waals surface area (Å²) in [6.07, 6.45) is 5.83. The molecule has 0 saturated heterocycles. The Kier molecular flexibility index (Phi) is 13.9. The van der Waals surface area contributed by atoms with Crippen LogP contribution in [-0.2, 0) is 9.53 Å². The van der Waals surface area contributed by atoms with Crippen molar-refractivity contribution in [1.82, 2.24) is 0 Å². The van der Waals surface area contributed by atoms with Gasteiger partial charge in [0.25, 0.3) is 0 Å². The van der Waals surface area contributed by atoms with E-state index < -0.39 is 0 Å². The number of esters is 1. The molecule has 2 unspecified atom stereocenters. The summed E-state index contributed by atoms with van der Waals surface area (Å²) in [6.45, 7) is 25.3. The fourth-order valence-electron chi connectivity index (χ4n) is 10.2. The van der Waals surface area contributed by atoms with Gasteiger partial charge in [0.05, 0.1) is 6.04 Å². The molecule has 322 valence electrons. The zero-order chi connectivity index (χ0) is 44.1. The van der Waals surface area contributed by atoms with Gasteiger partial charge in [-0.15, -0.1) is 0 Å². The van der Waals surface area contributed by atoms with Crippen LogP contribution in [-0.4, -0.2) is 31.2 Å². The number of hydrogen-bond donors (Lipinski definition) is 1. The van der Waals surface area contributed by atoms with Crippen molar-refractivity contribution in [2.75, 3.05) is 28.2 Å². The third-order valence-electron chi connectivity index (χ3n) is 12.7. The summed E-state index contributed by atoms with van der Waals surface area (Å²) in [5, 5.41) is 6.24. The first-order chi connectivity index (χ1) is 29.9. The van der Waals surface area contributed by atoms with E-state index in [0.717, 1.165) is 62.7 Å². The minimum absolute atomic E-state index is 0.0240. The molecule has 0 aliphatic heterocycles. The third-order valence-corrected chi connectivity index (χ3v) is 12.7. The molecule has 0 heterocycles. The van der Waals surface area contributed by atoms with Gasteiger partial charge in [0.1, 0.15) is 6.10 Å². The van der Waals surface area contributed by atoms with E-state index >= 15 is 0 Å². The fraction of sp³-hybridized carbons (Fsp3) is 0.351. The molecule has 6 aromatic rings. The van der Waals surface area contributed by atoms with Crippen LogP contribution in [0.2, 0.25) is 0 Å². The van der Waals surface area contributed by atoms with Gasteiger partial charge in [-0.2, -0.15) is 0 Å². The molecule has 7 rings (SSSR count). The SMILES string of the molecule is C=C(C)C(=O)OC1CCCCC1Nc1ccc(C(c2ccc(N(CCC)c3c(C)cc(C)cc3C)cc2)c2ccc(N(CCC)c3c(C)cc(C)cc3C)cc2)c2ccccc12. The minimum Gasteiger partial charge on any atom is -0.457 e. The summed E-state index contributed by atoms with van der Waals surface area (Å²) in [7, 11) is 0. The van der Waals surface area contributed by atoms with E-state index in [4.69, 9.17) is 4.74 Å². The highest BCUT2D eigenvalue weighted by Gasteiger charge is 2.30. The molecule has 1 aliphatic carbocycles. The van der Waals surface area contributed by atoms with Crippen LogP contribution in [0.1, 0.15) is 115 Å². The van der Waals surface area contributed by atoms with Crippen LogP contribution >= 0.6 is 0 Å². The van der Waals surface area contributed by atoms with E-state index in [1.54, 1.807) is 6.92 Å². The summed E-state index contributed by atoms with van der Waals surface area (Å²) in [5.41, 5.74) is 18.1. The van der Waals surface area contributed by atoms with Crippen LogP contribution < -0.4 is 15.1 Å². The highest BCUT2D eigenvalue weighted by atomic mass is 16.5. The van der Waals surface area contributed by atoms with Crippen molar-refractivity contribution < 1.29 is 9.53 Å². The van der Waals surface area contributed by atoms with Crippen molar-refractivity contribution in [3.63, 3.8) is 0 Å². The quantitative estimate of drug-likeness (QED) is 0.0635. The Morgan fingerprint density at radius 3 is 1.60 bits per heavy atom. The van der Waals surface area contributed by atoms with Crippen LogP contribution in [0.5, 0.6) is 0 Å². The first kappa shape index (κ1) is 44.3. The molecule has 1 saturated carbocycles. The van der Waals surface area contributed by atoms with Gasteiger partial charge in [-0.05, 0) is 155 Å². The van der Waals surface area contributed by atoms with Gasteiger partial charge in [-0.1, -0.05) is 117 Å². The average Bonchev–Trinajstić information content (AvgIpc) is 3.24. The first-order valence-electron chi connectivity index (χ1n) is 22.9. The third kappa shape index (κ3) is 9.48. The maximum Gasteiger partial charge on any atom is 0.333 e. The summed E-state index contributed by atoms with van der Waals surface area (Å²) in [6, 6.07) is 41.3. The van der Waals surface area contributed by atoms with Gasteiger partial charge in [0.2, 0.25) is 0 Å². The topological polar surface area (TPSA) is 44.8 Å². The molecule has 0 aromatic heterocycles. The van der Waals surface area contributed by atoms with Gasteiger partial charge < -0.3 is 19.9 Å². The molecule has 1 N–H and O–H groups in total. The lowest BCUT2D eigenvalue weighted by Gasteiger charge is -2.33. The van der Waals surface area contributed by atoms with Crippen LogP contribution in [0.25, 0.3) is 10.8 Å². The Morgan fingerprint density at radius 1 is 0.661 bits per heavy atom. The Labute approximate surface area is 371 Å². The molecular formula is C57H67N3O2. The van der Waals surface area contributed by atoms with Crippen LogP contribution in [0, 0.1) is 41.5 Å². The molecule has 0 spiro atoms. The average molecular weight is 826 g/mol. The van der Waals surface area contributed by atoms with Crippen molar-refractivity contribution in [3.05, 3.63) is 171 Å². The number of rotatable bonds is 15. The zero-order valence-corrected chi connectivity index (χ0v) is 38.7. The van der Waals surface area contributed by atoms with Gasteiger partial charge in [-0.25, -0.2) is 4.79 Å². The van der Waals surface area contributed by atoms with Crippen molar-refractivity contribution in [3.8, 4) is 0 Å². The Bertz CT molecular complexity index is 2380. The monoisotopic (exact) mass is 826 g/mol. The lowest BCUT2D eigenvalue weighted by Crippen LogP contribution is -2.40. The molecular weight excluding hydrogens is 759 g/mol. The second kappa shape index (κ2) is 19.5. The Balaban J connectivity index is 1.33. The van der Waals surface area contributed by atoms with Crippen LogP contribution in [0.15, 0.2) is 121 Å². The number of ether oxygens (including phenoxy) is 1. The van der Waals surface area contributed by atoms with E-state index in [0.29, 0.717) is 5.57 Å². The first-order valence-corrected chi connectivity index (χ1v) is 22.9. The maximum absolute atomic E-state index is 12.7. The van der Waals surface area contributed by atoms with Crippen molar-refractivity contribution >= 4 is 45.2 Å². The van der Waals surface area contributed by atoms with Crippen LogP contribution in [0.4, 0.5) is 28.4 Å². The molecule has 62 heavy (non-hydrogen) atoms. The van der Waals surface area contributed by atoms with Gasteiger partial charge in [0, 0.05) is 58.4 Å². The van der Waals surface area contributed by atoms with E-state index in [2.05, 4.69) is 186 Å². The fourth-order valence-corrected chi connectivity index (χ4v) is 10.2. The predicted molar refractivity (Wildman–Crippen MR) is 264 cm³/mol. The van der Waals surface area contributed by atoms with E-state index in [-0.39, 0.29) is 24.0 Å². The van der Waals surface area contributed by atoms with Crippen molar-refractivity contribution in [1.29, 1.82) is 0 Å². The number of hydrogen-bond acceptors (Lipinski definition) is 5. The number of aryl methyl sites for hydroxylation is 6. The number of benzene rings is 6. The minimum atomic E-state index is -0.312. The summed E-state index contributed by atoms with van der Waals surface area (Å²) < 4.78 is 6.00. The zero-order valence-electron chi connectivity index (χ0n) is 38.7. The van der Waals surface area contributed by atoms with Gasteiger partial charge >= 0.3 is 5.97 Å². The number of carbonyl (C=O) groups is 1. The van der Waals surface area contributed by atoms with Gasteiger partial charge in [0.15, 0.2) is 0 Å². The lowest BCUT2D eigenvalue weighted by molar-refractivity contribution is -0.146. The smallest absolute Gasteiger partial charge is 0.333 e. The van der Waals surface area contributed by atoms with Crippen molar-refractivity contribution in [2.24, 2.45) is 0 Å². The summed E-state index contributed by atoms with van der Waals surface area (Å²) in [5.74, 6) is -0.339. The van der Waals surface area contributed by atoms with E-state index in [9.17, 15) is 4.79 Å². The highest BCUT2D eigenvalue weighted by Crippen LogP contribution is 2.42. The molecule has 5 heteroatoms. The Hall–Kier alpha value is -5.81. The second-order valence-corrected chi connectivity index (χ2v) is 17.9. The number of nitrogens with one attached hydrogen (secondary N) is 1. The Morgan fingerprint density at radius 2 is 1.13 bits per heavy atom. The van der Waals surface area contributed by atoms with E-state index in [1.807, 2.05) is 0 Å². The normalized spacial score (nSPS) is 15.1. The molecule has 1 fully saturated rings. The number of carbonyl (C=O) groups excluding carboxylic acids is 1. The second-order valence-electron chi connectivity index (χ2n) is 17.9. The maximum atomic E-state index is 12.7. The summed E-state index contributed by atoms with van der Waals surface area (Å²) in [4.78, 5) is 17.7. The van der Waals surface area contributed by atoms with Gasteiger partial charge in [-0.3, -0.25) is 0 Å². The molecule has 0 amide bonds. The van der Waals surface area contributed by atoms with E-state index in [1.165, 1.54) is 78.2 Å². The molecule has 5 nitrogen and oxygen atoms in total. The number of fused-ring (bicyclic) bond motifs is 1. The molecule has 6 aromatic carbocycles. The van der Waals surface area contributed by atoms with Crippen LogP contribution in [0.3, 0.4) is 0 Å². The predicted octanol–water partition coefficient (Wildman–Crippen LogP) is 14.8. The molecule has 2 atom stereocenters. The summed E-state index contributed by atoms with van der Waals surface area (Å²) >= 11 is 0. The number of anilines is 5. The molecule has 0 radical (unpaired) electrons. The molecule has 0 bridgehead atoms. The standard InChI is InChI=1S/C57H67N3O2/c1-11-31-59(55-40(7)33-38(5)34-41(55)8)46-25-21-44(22-26-46)54(45-23-27-47(28-24-45)60(32-12-2)56-42(9)35-39(6)36-43(56)10)50-29-30-51(49-18-14-13-17-48(49)50)58-52-19-15-16-20-53(52)62-57(61)37(3)4/h13-14,17-18,21-30,33-36,52-54,58H,3,11-12,15-16,19-20,31-32H2,1-2,4-10H3. The largest absolute Gasteiger partial charge is 0.457 e. The van der Waals surface area contributed by atoms with Crippen molar-refractivity contribution in [2.45, 2.75) is 119 Å². The highest BCUT2D eigenvalue weighted by molar-refractivity contribution is 5.97. The lowest BCUT2D eigenvalue weighted by atomic mass is 9.82. The molecule has 1 aliphatic rings.